The van der Waals surface area contributed by atoms with E-state index < -0.39 is 0 Å². The number of pyridine rings is 1. The van der Waals surface area contributed by atoms with Gasteiger partial charge >= 0.3 is 0 Å². The largest absolute Gasteiger partial charge is 0.272 e. The number of nitrogens with zero attached hydrogens (tertiary/aromatic N) is 2. The first-order valence-electron chi connectivity index (χ1n) is 7.23. The third kappa shape index (κ3) is 4.01. The predicted octanol–water partition coefficient (Wildman–Crippen LogP) is 3.53. The van der Waals surface area contributed by atoms with Crippen molar-refractivity contribution in [1.29, 1.82) is 0 Å². The summed E-state index contributed by atoms with van der Waals surface area (Å²) >= 11 is 0. The summed E-state index contributed by atoms with van der Waals surface area (Å²) in [5, 5.41) is 4.15. The summed E-state index contributed by atoms with van der Waals surface area (Å²) in [6.07, 6.45) is 3.14. The molecule has 0 aliphatic rings. The zero-order chi connectivity index (χ0) is 16.2. The van der Waals surface area contributed by atoms with Crippen LogP contribution >= 0.6 is 0 Å². The number of nitrogens with one attached hydrogen (secondary N) is 1. The lowest BCUT2D eigenvalue weighted by Crippen LogP contribution is -2.19. The molecule has 0 aliphatic heterocycles. The summed E-state index contributed by atoms with van der Waals surface area (Å²) < 4.78 is 0. The van der Waals surface area contributed by atoms with Gasteiger partial charge in [0.25, 0.3) is 5.91 Å². The third-order valence-electron chi connectivity index (χ3n) is 3.42. The van der Waals surface area contributed by atoms with Crippen LogP contribution in [-0.4, -0.2) is 16.6 Å². The van der Waals surface area contributed by atoms with Gasteiger partial charge in [-0.2, -0.15) is 5.10 Å². The highest BCUT2D eigenvalue weighted by atomic mass is 16.2. The molecule has 0 bridgehead atoms. The Balaban J connectivity index is 2.08. The van der Waals surface area contributed by atoms with Gasteiger partial charge in [-0.15, -0.1) is 0 Å². The van der Waals surface area contributed by atoms with Crippen molar-refractivity contribution in [3.8, 4) is 0 Å². The van der Waals surface area contributed by atoms with Crippen LogP contribution in [0.2, 0.25) is 0 Å². The van der Waals surface area contributed by atoms with Gasteiger partial charge in [-0.25, -0.2) is 5.43 Å². The maximum absolute atomic E-state index is 11.9. The molecule has 0 unspecified atom stereocenters. The van der Waals surface area contributed by atoms with Crippen LogP contribution in [0.4, 0.5) is 0 Å². The van der Waals surface area contributed by atoms with Gasteiger partial charge < -0.3 is 0 Å². The molecule has 4 heteroatoms. The number of carbonyl (C=O) groups excluding carboxylic acids is 1. The Bertz CT molecular complexity index is 668. The van der Waals surface area contributed by atoms with Crippen LogP contribution in [0.15, 0.2) is 53.9 Å². The second kappa shape index (κ2) is 6.52. The zero-order valence-corrected chi connectivity index (χ0v) is 13.4. The lowest BCUT2D eigenvalue weighted by atomic mass is 9.86. The van der Waals surface area contributed by atoms with E-state index in [1.54, 1.807) is 18.3 Å². The zero-order valence-electron chi connectivity index (χ0n) is 13.4. The van der Waals surface area contributed by atoms with Crippen molar-refractivity contribution in [3.05, 3.63) is 65.5 Å². The topological polar surface area (TPSA) is 54.4 Å². The van der Waals surface area contributed by atoms with Gasteiger partial charge in [-0.1, -0.05) is 45.0 Å². The van der Waals surface area contributed by atoms with Crippen LogP contribution in [0.3, 0.4) is 0 Å². The Labute approximate surface area is 131 Å². The van der Waals surface area contributed by atoms with Crippen molar-refractivity contribution in [2.45, 2.75) is 33.1 Å². The molecule has 114 valence electrons. The Morgan fingerprint density at radius 3 is 2.32 bits per heavy atom. The second-order valence-corrected chi connectivity index (χ2v) is 6.21. The van der Waals surface area contributed by atoms with E-state index in [0.717, 1.165) is 11.3 Å². The number of hydrogen-bond acceptors (Lipinski definition) is 3. The van der Waals surface area contributed by atoms with Crippen LogP contribution < -0.4 is 5.43 Å². The first-order chi connectivity index (χ1) is 10.4. The van der Waals surface area contributed by atoms with Crippen molar-refractivity contribution >= 4 is 11.6 Å². The van der Waals surface area contributed by atoms with E-state index in [2.05, 4.69) is 48.4 Å². The van der Waals surface area contributed by atoms with Crippen molar-refractivity contribution in [1.82, 2.24) is 10.4 Å². The summed E-state index contributed by atoms with van der Waals surface area (Å²) in [5.74, 6) is -0.265. The highest BCUT2D eigenvalue weighted by Crippen LogP contribution is 2.22. The van der Waals surface area contributed by atoms with Crippen LogP contribution in [0.25, 0.3) is 0 Å². The SMILES string of the molecule is CC(=NNC(=O)c1cccnc1)c1ccc(C(C)(C)C)cc1. The number of carbonyl (C=O) groups is 1. The lowest BCUT2D eigenvalue weighted by molar-refractivity contribution is 0.0954. The van der Waals surface area contributed by atoms with Crippen molar-refractivity contribution in [2.24, 2.45) is 5.10 Å². The normalized spacial score (nSPS) is 12.1. The molecule has 0 aliphatic carbocycles. The van der Waals surface area contributed by atoms with Gasteiger partial charge in [-0.3, -0.25) is 9.78 Å². The molecule has 0 saturated carbocycles. The molecule has 22 heavy (non-hydrogen) atoms. The van der Waals surface area contributed by atoms with Crippen LogP contribution in [0.5, 0.6) is 0 Å². The fourth-order valence-electron chi connectivity index (χ4n) is 1.97. The van der Waals surface area contributed by atoms with Crippen molar-refractivity contribution in [2.75, 3.05) is 0 Å². The molecular weight excluding hydrogens is 274 g/mol. The molecule has 0 atom stereocenters. The number of aromatic nitrogens is 1. The summed E-state index contributed by atoms with van der Waals surface area (Å²) in [6, 6.07) is 11.7. The maximum Gasteiger partial charge on any atom is 0.272 e. The average Bonchev–Trinajstić information content (AvgIpc) is 2.52. The van der Waals surface area contributed by atoms with Crippen LogP contribution in [0, 0.1) is 0 Å². The van der Waals surface area contributed by atoms with Gasteiger partial charge in [0, 0.05) is 12.4 Å². The Kier molecular flexibility index (Phi) is 4.71. The molecule has 0 spiro atoms. The highest BCUT2D eigenvalue weighted by Gasteiger charge is 2.13. The number of rotatable bonds is 3. The average molecular weight is 295 g/mol. The van der Waals surface area contributed by atoms with E-state index in [1.165, 1.54) is 11.8 Å². The van der Waals surface area contributed by atoms with Crippen molar-refractivity contribution in [3.63, 3.8) is 0 Å². The lowest BCUT2D eigenvalue weighted by Gasteiger charge is -2.19. The molecule has 0 saturated heterocycles. The quantitative estimate of drug-likeness (QED) is 0.695. The number of hydrogen-bond donors (Lipinski definition) is 1. The van der Waals surface area contributed by atoms with E-state index in [9.17, 15) is 4.79 Å². The molecule has 2 rings (SSSR count). The van der Waals surface area contributed by atoms with E-state index in [1.807, 2.05) is 19.1 Å². The van der Waals surface area contributed by atoms with Gasteiger partial charge in [-0.05, 0) is 35.6 Å². The van der Waals surface area contributed by atoms with Crippen molar-refractivity contribution < 1.29 is 4.79 Å². The standard InChI is InChI=1S/C18H21N3O/c1-13(14-7-9-16(10-8-14)18(2,3)4)20-21-17(22)15-6-5-11-19-12-15/h5-12H,1-4H3,(H,21,22). The molecular formula is C18H21N3O. The first kappa shape index (κ1) is 15.9. The predicted molar refractivity (Wildman–Crippen MR) is 89.1 cm³/mol. The molecule has 1 amide bonds. The smallest absolute Gasteiger partial charge is 0.267 e. The molecule has 4 nitrogen and oxygen atoms in total. The minimum Gasteiger partial charge on any atom is -0.267 e. The van der Waals surface area contributed by atoms with E-state index in [0.29, 0.717) is 5.56 Å². The summed E-state index contributed by atoms with van der Waals surface area (Å²) in [6.45, 7) is 8.40. The van der Waals surface area contributed by atoms with Gasteiger partial charge in [0.1, 0.15) is 0 Å². The molecule has 1 heterocycles. The Hall–Kier alpha value is -2.49. The number of benzene rings is 1. The van der Waals surface area contributed by atoms with Crippen LogP contribution in [0.1, 0.15) is 49.2 Å². The third-order valence-corrected chi connectivity index (χ3v) is 3.42. The summed E-state index contributed by atoms with van der Waals surface area (Å²) in [4.78, 5) is 15.8. The molecule has 0 radical (unpaired) electrons. The number of hydrazone groups is 1. The maximum atomic E-state index is 11.9. The van der Waals surface area contributed by atoms with E-state index >= 15 is 0 Å². The minimum absolute atomic E-state index is 0.123. The molecule has 1 aromatic heterocycles. The van der Waals surface area contributed by atoms with Gasteiger partial charge in [0.15, 0.2) is 0 Å². The second-order valence-electron chi connectivity index (χ2n) is 6.21. The van der Waals surface area contributed by atoms with Gasteiger partial charge in [0.2, 0.25) is 0 Å². The van der Waals surface area contributed by atoms with E-state index in [4.69, 9.17) is 0 Å². The van der Waals surface area contributed by atoms with E-state index in [-0.39, 0.29) is 11.3 Å². The summed E-state index contributed by atoms with van der Waals surface area (Å²) in [5.41, 5.74) is 6.18. The highest BCUT2D eigenvalue weighted by molar-refractivity contribution is 6.00. The molecule has 0 fully saturated rings. The Morgan fingerprint density at radius 2 is 1.77 bits per heavy atom. The Morgan fingerprint density at radius 1 is 1.09 bits per heavy atom. The van der Waals surface area contributed by atoms with Crippen LogP contribution in [-0.2, 0) is 5.41 Å². The molecule has 1 N–H and O–H groups in total. The number of amides is 1. The fourth-order valence-corrected chi connectivity index (χ4v) is 1.97. The molecule has 2 aromatic rings. The first-order valence-corrected chi connectivity index (χ1v) is 7.23. The molecule has 1 aromatic carbocycles. The minimum atomic E-state index is -0.265. The van der Waals surface area contributed by atoms with Gasteiger partial charge in [0.05, 0.1) is 11.3 Å². The monoisotopic (exact) mass is 295 g/mol. The summed E-state index contributed by atoms with van der Waals surface area (Å²) in [7, 11) is 0. The fraction of sp³-hybridized carbons (Fsp3) is 0.278.